The second-order valence-corrected chi connectivity index (χ2v) is 5.11. The fourth-order valence-corrected chi connectivity index (χ4v) is 1.83. The van der Waals surface area contributed by atoms with E-state index in [-0.39, 0.29) is 0 Å². The Labute approximate surface area is 101 Å². The van der Waals surface area contributed by atoms with Crippen molar-refractivity contribution in [3.8, 4) is 0 Å². The lowest BCUT2D eigenvalue weighted by atomic mass is 10.3. The van der Waals surface area contributed by atoms with Crippen LogP contribution in [0.2, 0.25) is 5.02 Å². The highest BCUT2D eigenvalue weighted by Crippen LogP contribution is 2.26. The number of pyridine rings is 1. The van der Waals surface area contributed by atoms with Crippen molar-refractivity contribution in [2.75, 3.05) is 5.32 Å². The molecule has 1 heterocycles. The minimum absolute atomic E-state index is 0.637. The summed E-state index contributed by atoms with van der Waals surface area (Å²) in [5, 5.41) is 7.58. The molecule has 2 N–H and O–H groups in total. The maximum atomic E-state index is 6.12. The molecule has 0 amide bonds. The van der Waals surface area contributed by atoms with Crippen molar-refractivity contribution in [2.45, 2.75) is 44.3 Å². The number of nitrogens with one attached hydrogen (secondary N) is 2. The van der Waals surface area contributed by atoms with Crippen molar-refractivity contribution in [1.82, 2.24) is 10.3 Å². The van der Waals surface area contributed by atoms with Crippen LogP contribution in [0.25, 0.3) is 0 Å². The quantitative estimate of drug-likeness (QED) is 0.827. The molecule has 2 aliphatic carbocycles. The molecule has 3 rings (SSSR count). The van der Waals surface area contributed by atoms with E-state index < -0.39 is 0 Å². The predicted octanol–water partition coefficient (Wildman–Crippen LogP) is 2.56. The maximum Gasteiger partial charge on any atom is 0.126 e. The molecule has 1 aromatic heterocycles. The second kappa shape index (κ2) is 4.22. The summed E-state index contributed by atoms with van der Waals surface area (Å²) in [6.45, 7) is 0.781. The molecule has 2 aliphatic rings. The van der Waals surface area contributed by atoms with E-state index in [0.29, 0.717) is 12.1 Å². The minimum atomic E-state index is 0.637. The molecule has 16 heavy (non-hydrogen) atoms. The van der Waals surface area contributed by atoms with Crippen LogP contribution in [-0.4, -0.2) is 17.1 Å². The average molecular weight is 238 g/mol. The average Bonchev–Trinajstić information content (AvgIpc) is 3.12. The Balaban J connectivity index is 1.67. The van der Waals surface area contributed by atoms with Crippen molar-refractivity contribution in [1.29, 1.82) is 0 Å². The first-order chi connectivity index (χ1) is 7.81. The molecule has 0 radical (unpaired) electrons. The first-order valence-electron chi connectivity index (χ1n) is 5.96. The van der Waals surface area contributed by atoms with Gasteiger partial charge in [-0.2, -0.15) is 0 Å². The SMILES string of the molecule is Clc1ccc(NC2CC2)nc1CNC1CC1. The van der Waals surface area contributed by atoms with Crippen LogP contribution in [0.3, 0.4) is 0 Å². The molecule has 0 aliphatic heterocycles. The van der Waals surface area contributed by atoms with E-state index in [1.54, 1.807) is 0 Å². The third kappa shape index (κ3) is 2.66. The number of nitrogens with zero attached hydrogens (tertiary/aromatic N) is 1. The van der Waals surface area contributed by atoms with Crippen molar-refractivity contribution < 1.29 is 0 Å². The molecule has 86 valence electrons. The summed E-state index contributed by atoms with van der Waals surface area (Å²) in [5.41, 5.74) is 0.958. The summed E-state index contributed by atoms with van der Waals surface area (Å²) in [6.07, 6.45) is 5.11. The third-order valence-electron chi connectivity index (χ3n) is 2.98. The lowest BCUT2D eigenvalue weighted by molar-refractivity contribution is 0.675. The van der Waals surface area contributed by atoms with Gasteiger partial charge in [0, 0.05) is 18.6 Å². The molecule has 4 heteroatoms. The van der Waals surface area contributed by atoms with Gasteiger partial charge in [0.25, 0.3) is 0 Å². The second-order valence-electron chi connectivity index (χ2n) is 4.70. The van der Waals surface area contributed by atoms with Gasteiger partial charge in [0.1, 0.15) is 5.82 Å². The van der Waals surface area contributed by atoms with Crippen LogP contribution in [-0.2, 0) is 6.54 Å². The number of rotatable bonds is 5. The Kier molecular flexibility index (Phi) is 2.74. The van der Waals surface area contributed by atoms with E-state index in [2.05, 4.69) is 15.6 Å². The zero-order valence-corrected chi connectivity index (χ0v) is 9.93. The fraction of sp³-hybridized carbons (Fsp3) is 0.583. The maximum absolute atomic E-state index is 6.12. The zero-order valence-electron chi connectivity index (χ0n) is 9.17. The normalized spacial score (nSPS) is 19.8. The Hall–Kier alpha value is -0.800. The summed E-state index contributed by atoms with van der Waals surface area (Å²) in [5.74, 6) is 0.958. The van der Waals surface area contributed by atoms with E-state index in [4.69, 9.17) is 11.6 Å². The van der Waals surface area contributed by atoms with Crippen molar-refractivity contribution in [2.24, 2.45) is 0 Å². The number of hydrogen-bond donors (Lipinski definition) is 2. The molecule has 0 unspecified atom stereocenters. The minimum Gasteiger partial charge on any atom is -0.367 e. The topological polar surface area (TPSA) is 37.0 Å². The summed E-state index contributed by atoms with van der Waals surface area (Å²) < 4.78 is 0. The molecule has 3 nitrogen and oxygen atoms in total. The van der Waals surface area contributed by atoms with Gasteiger partial charge in [-0.1, -0.05) is 11.6 Å². The highest BCUT2D eigenvalue weighted by molar-refractivity contribution is 6.31. The Bertz CT molecular complexity index is 386. The standard InChI is InChI=1S/C12H16ClN3/c13-10-5-6-12(15-9-3-4-9)16-11(10)7-14-8-1-2-8/h5-6,8-9,14H,1-4,7H2,(H,15,16). The van der Waals surface area contributed by atoms with Gasteiger partial charge < -0.3 is 10.6 Å². The number of hydrogen-bond acceptors (Lipinski definition) is 3. The van der Waals surface area contributed by atoms with E-state index in [1.165, 1.54) is 25.7 Å². The molecule has 0 saturated heterocycles. The largest absolute Gasteiger partial charge is 0.367 e. The van der Waals surface area contributed by atoms with Crippen LogP contribution >= 0.6 is 11.6 Å². The first-order valence-corrected chi connectivity index (χ1v) is 6.34. The summed E-state index contributed by atoms with van der Waals surface area (Å²) >= 11 is 6.12. The lowest BCUT2D eigenvalue weighted by Crippen LogP contribution is -2.17. The van der Waals surface area contributed by atoms with Crippen molar-refractivity contribution in [3.05, 3.63) is 22.8 Å². The van der Waals surface area contributed by atoms with Crippen LogP contribution in [0.4, 0.5) is 5.82 Å². The molecule has 0 aromatic carbocycles. The van der Waals surface area contributed by atoms with E-state index >= 15 is 0 Å². The summed E-state index contributed by atoms with van der Waals surface area (Å²) in [4.78, 5) is 4.55. The van der Waals surface area contributed by atoms with Crippen LogP contribution in [0.15, 0.2) is 12.1 Å². The monoisotopic (exact) mass is 237 g/mol. The van der Waals surface area contributed by atoms with E-state index in [0.717, 1.165) is 23.1 Å². The zero-order chi connectivity index (χ0) is 11.0. The van der Waals surface area contributed by atoms with Crippen LogP contribution in [0, 0.1) is 0 Å². The van der Waals surface area contributed by atoms with Gasteiger partial charge >= 0.3 is 0 Å². The molecule has 2 saturated carbocycles. The van der Waals surface area contributed by atoms with E-state index in [9.17, 15) is 0 Å². The van der Waals surface area contributed by atoms with Crippen molar-refractivity contribution >= 4 is 17.4 Å². The molecule has 0 atom stereocenters. The molecule has 2 fully saturated rings. The summed E-state index contributed by atoms with van der Waals surface area (Å²) in [7, 11) is 0. The van der Waals surface area contributed by atoms with Crippen molar-refractivity contribution in [3.63, 3.8) is 0 Å². The lowest BCUT2D eigenvalue weighted by Gasteiger charge is -2.08. The van der Waals surface area contributed by atoms with Gasteiger partial charge in [0.15, 0.2) is 0 Å². The van der Waals surface area contributed by atoms with Gasteiger partial charge in [-0.15, -0.1) is 0 Å². The van der Waals surface area contributed by atoms with Gasteiger partial charge in [0.05, 0.1) is 10.7 Å². The Morgan fingerprint density at radius 1 is 1.19 bits per heavy atom. The van der Waals surface area contributed by atoms with Gasteiger partial charge in [-0.3, -0.25) is 0 Å². The molecule has 1 aromatic rings. The highest BCUT2D eigenvalue weighted by Gasteiger charge is 2.22. The molecular weight excluding hydrogens is 222 g/mol. The fourth-order valence-electron chi connectivity index (χ4n) is 1.65. The Morgan fingerprint density at radius 3 is 2.62 bits per heavy atom. The number of halogens is 1. The van der Waals surface area contributed by atoms with Gasteiger partial charge in [-0.25, -0.2) is 4.98 Å². The third-order valence-corrected chi connectivity index (χ3v) is 3.33. The van der Waals surface area contributed by atoms with Crippen LogP contribution < -0.4 is 10.6 Å². The predicted molar refractivity (Wildman–Crippen MR) is 65.8 cm³/mol. The highest BCUT2D eigenvalue weighted by atomic mass is 35.5. The first kappa shape index (κ1) is 10.4. The smallest absolute Gasteiger partial charge is 0.126 e. The van der Waals surface area contributed by atoms with Crippen LogP contribution in [0.5, 0.6) is 0 Å². The molecular formula is C12H16ClN3. The number of anilines is 1. The van der Waals surface area contributed by atoms with Gasteiger partial charge in [-0.05, 0) is 37.8 Å². The Morgan fingerprint density at radius 2 is 1.94 bits per heavy atom. The van der Waals surface area contributed by atoms with E-state index in [1.807, 2.05) is 12.1 Å². The van der Waals surface area contributed by atoms with Crippen LogP contribution in [0.1, 0.15) is 31.4 Å². The van der Waals surface area contributed by atoms with Gasteiger partial charge in [0.2, 0.25) is 0 Å². The molecule has 0 bridgehead atoms. The summed E-state index contributed by atoms with van der Waals surface area (Å²) in [6, 6.07) is 5.22. The number of aromatic nitrogens is 1. The molecule has 0 spiro atoms.